The molecule has 2 heterocycles. The predicted molar refractivity (Wildman–Crippen MR) is 115 cm³/mol. The maximum atomic E-state index is 12.4. The van der Waals surface area contributed by atoms with E-state index in [4.69, 9.17) is 9.72 Å². The summed E-state index contributed by atoms with van der Waals surface area (Å²) >= 11 is 0. The third-order valence-electron chi connectivity index (χ3n) is 5.20. The molecule has 1 saturated heterocycles. The summed E-state index contributed by atoms with van der Waals surface area (Å²) in [5.74, 6) is -1.11. The summed E-state index contributed by atoms with van der Waals surface area (Å²) in [5.41, 5.74) is 2.94. The van der Waals surface area contributed by atoms with E-state index >= 15 is 0 Å². The van der Waals surface area contributed by atoms with Crippen LogP contribution in [0.3, 0.4) is 0 Å². The second-order valence-corrected chi connectivity index (χ2v) is 7.04. The number of fused-ring (bicyclic) bond motifs is 1. The van der Waals surface area contributed by atoms with Crippen LogP contribution in [0.4, 0.5) is 11.5 Å². The molecule has 4 rings (SSSR count). The van der Waals surface area contributed by atoms with Crippen LogP contribution in [0, 0.1) is 11.3 Å². The van der Waals surface area contributed by atoms with Crippen LogP contribution >= 0.6 is 0 Å². The van der Waals surface area contributed by atoms with Gasteiger partial charge in [0.2, 0.25) is 0 Å². The zero-order valence-corrected chi connectivity index (χ0v) is 16.9. The minimum absolute atomic E-state index is 0.211. The Labute approximate surface area is 175 Å². The summed E-state index contributed by atoms with van der Waals surface area (Å²) in [4.78, 5) is 26.3. The number of hydrogen-bond acceptors (Lipinski definition) is 7. The molecule has 1 aliphatic rings. The Morgan fingerprint density at radius 3 is 2.23 bits per heavy atom. The lowest BCUT2D eigenvalue weighted by atomic mass is 10.1. The second-order valence-electron chi connectivity index (χ2n) is 7.04. The van der Waals surface area contributed by atoms with Crippen molar-refractivity contribution in [3.05, 3.63) is 60.3 Å². The Hall–Kier alpha value is -3.66. The van der Waals surface area contributed by atoms with E-state index in [0.717, 1.165) is 31.7 Å². The van der Waals surface area contributed by atoms with Crippen molar-refractivity contribution in [2.45, 2.75) is 12.8 Å². The van der Waals surface area contributed by atoms with Crippen LogP contribution < -0.4 is 9.80 Å². The minimum atomic E-state index is -1.11. The van der Waals surface area contributed by atoms with Gasteiger partial charge in [0.1, 0.15) is 5.69 Å². The van der Waals surface area contributed by atoms with Crippen LogP contribution in [-0.2, 0) is 9.53 Å². The normalized spacial score (nSPS) is 14.9. The van der Waals surface area contributed by atoms with E-state index in [9.17, 15) is 10.1 Å². The SMILES string of the molecule is CCOC(=O)C(C#N)c1nc2ccccc2nc1N1CCN(c2ccccc2)CC1. The van der Waals surface area contributed by atoms with Crippen molar-refractivity contribution < 1.29 is 9.53 Å². The summed E-state index contributed by atoms with van der Waals surface area (Å²) in [6.45, 7) is 5.00. The predicted octanol–water partition coefficient (Wildman–Crippen LogP) is 3.13. The Kier molecular flexibility index (Phi) is 5.75. The molecule has 0 bridgehead atoms. The first-order valence-electron chi connectivity index (χ1n) is 10.1. The molecule has 3 aromatic rings. The molecule has 0 radical (unpaired) electrons. The molecule has 0 aliphatic carbocycles. The fourth-order valence-corrected chi connectivity index (χ4v) is 3.70. The number of aromatic nitrogens is 2. The highest BCUT2D eigenvalue weighted by Gasteiger charge is 2.31. The molecule has 0 amide bonds. The second kappa shape index (κ2) is 8.78. The van der Waals surface area contributed by atoms with Crippen LogP contribution in [0.5, 0.6) is 0 Å². The highest BCUT2D eigenvalue weighted by atomic mass is 16.5. The zero-order valence-electron chi connectivity index (χ0n) is 16.9. The van der Waals surface area contributed by atoms with Crippen molar-refractivity contribution >= 4 is 28.5 Å². The standard InChI is InChI=1S/C23H23N5O2/c1-2-30-23(29)18(16-24)21-22(26-20-11-7-6-10-19(20)25-21)28-14-12-27(13-15-28)17-8-4-3-5-9-17/h3-11,18H,2,12-15H2,1H3. The molecular weight excluding hydrogens is 378 g/mol. The maximum absolute atomic E-state index is 12.4. The molecule has 2 aromatic carbocycles. The number of benzene rings is 2. The molecule has 7 nitrogen and oxygen atoms in total. The lowest BCUT2D eigenvalue weighted by Crippen LogP contribution is -2.47. The van der Waals surface area contributed by atoms with Gasteiger partial charge in [-0.15, -0.1) is 0 Å². The molecule has 0 N–H and O–H groups in total. The van der Waals surface area contributed by atoms with E-state index in [1.807, 2.05) is 42.5 Å². The van der Waals surface area contributed by atoms with Crippen LogP contribution in [0.2, 0.25) is 0 Å². The number of nitriles is 1. The van der Waals surface area contributed by atoms with Crippen molar-refractivity contribution in [1.29, 1.82) is 5.26 Å². The van der Waals surface area contributed by atoms with E-state index in [-0.39, 0.29) is 6.61 Å². The lowest BCUT2D eigenvalue weighted by Gasteiger charge is -2.37. The van der Waals surface area contributed by atoms with Gasteiger partial charge >= 0.3 is 5.97 Å². The topological polar surface area (TPSA) is 82.3 Å². The van der Waals surface area contributed by atoms with Gasteiger partial charge in [0.25, 0.3) is 0 Å². The Balaban J connectivity index is 1.67. The first-order chi connectivity index (χ1) is 14.7. The molecule has 30 heavy (non-hydrogen) atoms. The zero-order chi connectivity index (χ0) is 20.9. The van der Waals surface area contributed by atoms with E-state index < -0.39 is 11.9 Å². The molecule has 0 saturated carbocycles. The molecular formula is C23H23N5O2. The lowest BCUT2D eigenvalue weighted by molar-refractivity contribution is -0.143. The van der Waals surface area contributed by atoms with Gasteiger partial charge in [-0.05, 0) is 31.2 Å². The molecule has 7 heteroatoms. The number of para-hydroxylation sites is 3. The van der Waals surface area contributed by atoms with E-state index in [2.05, 4.69) is 33.0 Å². The Morgan fingerprint density at radius 1 is 1.00 bits per heavy atom. The number of piperazine rings is 1. The van der Waals surface area contributed by atoms with Gasteiger partial charge < -0.3 is 14.5 Å². The van der Waals surface area contributed by atoms with Gasteiger partial charge in [-0.2, -0.15) is 5.26 Å². The van der Waals surface area contributed by atoms with Gasteiger partial charge in [-0.25, -0.2) is 9.97 Å². The summed E-state index contributed by atoms with van der Waals surface area (Å²) in [5, 5.41) is 9.72. The molecule has 1 unspecified atom stereocenters. The molecule has 1 aromatic heterocycles. The molecule has 1 atom stereocenters. The van der Waals surface area contributed by atoms with E-state index in [1.165, 1.54) is 5.69 Å². The van der Waals surface area contributed by atoms with Gasteiger partial charge in [0, 0.05) is 31.9 Å². The number of nitrogens with zero attached hydrogens (tertiary/aromatic N) is 5. The number of carbonyl (C=O) groups is 1. The fraction of sp³-hybridized carbons (Fsp3) is 0.304. The van der Waals surface area contributed by atoms with Gasteiger partial charge in [0.15, 0.2) is 11.7 Å². The molecule has 0 spiro atoms. The monoisotopic (exact) mass is 401 g/mol. The summed E-state index contributed by atoms with van der Waals surface area (Å²) in [6.07, 6.45) is 0. The summed E-state index contributed by atoms with van der Waals surface area (Å²) in [7, 11) is 0. The Bertz CT molecular complexity index is 1070. The number of esters is 1. The summed E-state index contributed by atoms with van der Waals surface area (Å²) < 4.78 is 5.12. The number of hydrogen-bond donors (Lipinski definition) is 0. The van der Waals surface area contributed by atoms with Crippen molar-refractivity contribution in [2.75, 3.05) is 42.6 Å². The fourth-order valence-electron chi connectivity index (χ4n) is 3.70. The highest BCUT2D eigenvalue weighted by molar-refractivity contribution is 5.85. The van der Waals surface area contributed by atoms with Gasteiger partial charge in [0.05, 0.1) is 23.7 Å². The van der Waals surface area contributed by atoms with Crippen molar-refractivity contribution in [3.8, 4) is 6.07 Å². The third kappa shape index (κ3) is 3.90. The largest absolute Gasteiger partial charge is 0.465 e. The first-order valence-corrected chi connectivity index (χ1v) is 10.1. The number of ether oxygens (including phenoxy) is 1. The minimum Gasteiger partial charge on any atom is -0.465 e. The van der Waals surface area contributed by atoms with Crippen LogP contribution in [-0.4, -0.2) is 48.7 Å². The van der Waals surface area contributed by atoms with Crippen molar-refractivity contribution in [2.24, 2.45) is 0 Å². The van der Waals surface area contributed by atoms with Gasteiger partial charge in [-0.1, -0.05) is 30.3 Å². The van der Waals surface area contributed by atoms with Crippen LogP contribution in [0.1, 0.15) is 18.5 Å². The Morgan fingerprint density at radius 2 is 1.60 bits per heavy atom. The smallest absolute Gasteiger partial charge is 0.329 e. The van der Waals surface area contributed by atoms with Crippen LogP contribution in [0.15, 0.2) is 54.6 Å². The number of carbonyl (C=O) groups excluding carboxylic acids is 1. The van der Waals surface area contributed by atoms with Crippen LogP contribution in [0.25, 0.3) is 11.0 Å². The average Bonchev–Trinajstić information content (AvgIpc) is 2.80. The molecule has 152 valence electrons. The maximum Gasteiger partial charge on any atom is 0.329 e. The molecule has 1 aliphatic heterocycles. The first kappa shape index (κ1) is 19.6. The quantitative estimate of drug-likeness (QED) is 0.608. The van der Waals surface area contributed by atoms with E-state index in [0.29, 0.717) is 17.0 Å². The third-order valence-corrected chi connectivity index (χ3v) is 5.20. The summed E-state index contributed by atoms with van der Waals surface area (Å²) in [6, 6.07) is 19.8. The average molecular weight is 401 g/mol. The highest BCUT2D eigenvalue weighted by Crippen LogP contribution is 2.29. The van der Waals surface area contributed by atoms with Gasteiger partial charge in [-0.3, -0.25) is 4.79 Å². The number of anilines is 2. The molecule has 1 fully saturated rings. The van der Waals surface area contributed by atoms with Crippen molar-refractivity contribution in [1.82, 2.24) is 9.97 Å². The van der Waals surface area contributed by atoms with E-state index in [1.54, 1.807) is 6.92 Å². The number of rotatable bonds is 5. The van der Waals surface area contributed by atoms with Crippen molar-refractivity contribution in [3.63, 3.8) is 0 Å².